The zero-order chi connectivity index (χ0) is 29.2. The molecule has 2 saturated heterocycles. The second kappa shape index (κ2) is 13.7. The number of nitrogens with one attached hydrogen (secondary N) is 1. The molecule has 2 heterocycles. The van der Waals surface area contributed by atoms with Crippen molar-refractivity contribution in [1.29, 1.82) is 0 Å². The number of aliphatic hydroxyl groups excluding tert-OH is 6. The van der Waals surface area contributed by atoms with E-state index in [1.807, 2.05) is 0 Å². The quantitative estimate of drug-likeness (QED) is 0.123. The van der Waals surface area contributed by atoms with Crippen LogP contribution in [0.2, 0.25) is 0 Å². The highest BCUT2D eigenvalue weighted by Gasteiger charge is 2.52. The lowest BCUT2D eigenvalue weighted by Crippen LogP contribution is -2.70. The van der Waals surface area contributed by atoms with Gasteiger partial charge in [0.05, 0.1) is 24.2 Å². The molecule has 17 N–H and O–H groups in total. The molecule has 0 spiro atoms. The third-order valence-corrected chi connectivity index (χ3v) is 7.57. The number of carbonyl (C=O) groups is 1. The first-order valence-electron chi connectivity index (χ1n) is 13.0. The number of aliphatic hydroxyl groups is 6. The molecule has 16 atom stereocenters. The summed E-state index contributed by atoms with van der Waals surface area (Å²) in [6.07, 6.45) is -16.2. The van der Waals surface area contributed by atoms with Crippen molar-refractivity contribution in [2.45, 2.75) is 118 Å². The number of rotatable bonds is 9. The average molecular weight is 569 g/mol. The van der Waals surface area contributed by atoms with E-state index in [0.29, 0.717) is 0 Å². The third-order valence-electron chi connectivity index (χ3n) is 7.57. The Morgan fingerprint density at radius 2 is 1.51 bits per heavy atom. The largest absolute Gasteiger partial charge is 0.388 e. The van der Waals surface area contributed by atoms with Gasteiger partial charge in [-0.05, 0) is 26.3 Å². The minimum Gasteiger partial charge on any atom is -0.388 e. The molecule has 2 aliphatic heterocycles. The summed E-state index contributed by atoms with van der Waals surface area (Å²) >= 11 is 0. The summed E-state index contributed by atoms with van der Waals surface area (Å²) in [5.41, 5.74) is 29.3. The average Bonchev–Trinajstić information content (AvgIpc) is 2.90. The number of carbonyl (C=O) groups excluding carboxylic acids is 1. The molecule has 3 aliphatic rings. The third kappa shape index (κ3) is 7.03. The van der Waals surface area contributed by atoms with Crippen LogP contribution in [0.3, 0.4) is 0 Å². The summed E-state index contributed by atoms with van der Waals surface area (Å²) < 4.78 is 23.2. The van der Waals surface area contributed by atoms with Crippen molar-refractivity contribution in [3.8, 4) is 0 Å². The van der Waals surface area contributed by atoms with E-state index in [9.17, 15) is 35.4 Å². The molecule has 39 heavy (non-hydrogen) atoms. The van der Waals surface area contributed by atoms with E-state index >= 15 is 0 Å². The molecule has 0 aromatic rings. The van der Waals surface area contributed by atoms with Crippen molar-refractivity contribution in [2.24, 2.45) is 28.7 Å². The maximum absolute atomic E-state index is 12.4. The SMILES string of the molecule is CC1O[C@@H](O[C@@H]2C(O)[C@H](NC(=O)[C@@H](O)CCN)CC(N)[C@H]2O[C@H]2OC(CN)[C@@H](O)[C@H](O)C2N)C(O)[C@@H](O)[C@@H]1N. The number of amides is 1. The first-order valence-corrected chi connectivity index (χ1v) is 13.0. The van der Waals surface area contributed by atoms with E-state index in [4.69, 9.17) is 47.6 Å². The molecule has 1 saturated carbocycles. The van der Waals surface area contributed by atoms with Gasteiger partial charge in [0.2, 0.25) is 5.91 Å². The normalized spacial score (nSPS) is 47.9. The Morgan fingerprint density at radius 3 is 2.13 bits per heavy atom. The highest BCUT2D eigenvalue weighted by molar-refractivity contribution is 5.80. The molecule has 228 valence electrons. The van der Waals surface area contributed by atoms with E-state index in [-0.39, 0.29) is 25.9 Å². The summed E-state index contributed by atoms with van der Waals surface area (Å²) in [5.74, 6) is -0.792. The van der Waals surface area contributed by atoms with Gasteiger partial charge in [-0.2, -0.15) is 0 Å². The lowest BCUT2D eigenvalue weighted by Gasteiger charge is -2.49. The van der Waals surface area contributed by atoms with Gasteiger partial charge in [0, 0.05) is 12.6 Å². The second-order valence-corrected chi connectivity index (χ2v) is 10.4. The highest BCUT2D eigenvalue weighted by Crippen LogP contribution is 2.32. The molecule has 17 nitrogen and oxygen atoms in total. The van der Waals surface area contributed by atoms with Crippen molar-refractivity contribution < 1.29 is 54.4 Å². The topological polar surface area (TPSA) is 318 Å². The van der Waals surface area contributed by atoms with Gasteiger partial charge in [-0.15, -0.1) is 0 Å². The Bertz CT molecular complexity index is 802. The first kappa shape index (κ1) is 32.4. The summed E-state index contributed by atoms with van der Waals surface area (Å²) in [6, 6.07) is -4.17. The molecule has 3 rings (SSSR count). The zero-order valence-corrected chi connectivity index (χ0v) is 21.7. The molecule has 0 aromatic carbocycles. The van der Waals surface area contributed by atoms with Gasteiger partial charge in [0.15, 0.2) is 12.6 Å². The summed E-state index contributed by atoms with van der Waals surface area (Å²) in [4.78, 5) is 12.4. The van der Waals surface area contributed by atoms with Crippen LogP contribution in [0, 0.1) is 0 Å². The predicted octanol–water partition coefficient (Wildman–Crippen LogP) is -7.43. The Kier molecular flexibility index (Phi) is 11.4. The Labute approximate surface area is 225 Å². The predicted molar refractivity (Wildman–Crippen MR) is 132 cm³/mol. The van der Waals surface area contributed by atoms with Crippen LogP contribution in [0.5, 0.6) is 0 Å². The fourth-order valence-corrected chi connectivity index (χ4v) is 5.02. The van der Waals surface area contributed by atoms with Gasteiger partial charge >= 0.3 is 0 Å². The number of hydrogen-bond acceptors (Lipinski definition) is 16. The fourth-order valence-electron chi connectivity index (χ4n) is 5.02. The summed E-state index contributed by atoms with van der Waals surface area (Å²) in [6.45, 7) is 1.44. The molecule has 0 bridgehead atoms. The Balaban J connectivity index is 1.86. The molecule has 6 unspecified atom stereocenters. The lowest BCUT2D eigenvalue weighted by atomic mass is 9.83. The number of ether oxygens (including phenoxy) is 4. The van der Waals surface area contributed by atoms with Crippen molar-refractivity contribution in [2.75, 3.05) is 13.1 Å². The van der Waals surface area contributed by atoms with Crippen molar-refractivity contribution in [1.82, 2.24) is 5.32 Å². The summed E-state index contributed by atoms with van der Waals surface area (Å²) in [5, 5.41) is 65.2. The van der Waals surface area contributed by atoms with Crippen LogP contribution in [0.1, 0.15) is 19.8 Å². The second-order valence-electron chi connectivity index (χ2n) is 10.4. The monoisotopic (exact) mass is 568 g/mol. The van der Waals surface area contributed by atoms with Gasteiger partial charge in [0.1, 0.15) is 54.9 Å². The van der Waals surface area contributed by atoms with Crippen molar-refractivity contribution in [3.05, 3.63) is 0 Å². The molecule has 0 aromatic heterocycles. The van der Waals surface area contributed by atoms with Crippen LogP contribution in [-0.4, -0.2) is 147 Å². The molecular weight excluding hydrogens is 524 g/mol. The standard InChI is InChI=1S/C22H44N6O11/c1-6-11(26)15(32)17(34)22(36-6)39-19-13(30)8(28-20(35)9(29)2-3-23)4-7(25)18(19)38-21-12(27)16(33)14(31)10(5-24)37-21/h6-19,21-22,29-34H,2-5,23-27H2,1H3,(H,28,35)/t6?,7?,8-,9+,10?,11-,12?,13?,14-,15+,16-,17?,18-,19-,21-,22+/m1/s1. The first-order chi connectivity index (χ1) is 18.3. The van der Waals surface area contributed by atoms with Crippen LogP contribution < -0.4 is 34.0 Å². The van der Waals surface area contributed by atoms with E-state index in [1.165, 1.54) is 0 Å². The van der Waals surface area contributed by atoms with Crippen LogP contribution in [-0.2, 0) is 23.7 Å². The molecule has 1 amide bonds. The maximum Gasteiger partial charge on any atom is 0.249 e. The van der Waals surface area contributed by atoms with E-state index < -0.39 is 104 Å². The molecule has 3 fully saturated rings. The van der Waals surface area contributed by atoms with Crippen LogP contribution >= 0.6 is 0 Å². The van der Waals surface area contributed by atoms with Crippen LogP contribution in [0.15, 0.2) is 0 Å². The highest BCUT2D eigenvalue weighted by atomic mass is 16.7. The smallest absolute Gasteiger partial charge is 0.249 e. The summed E-state index contributed by atoms with van der Waals surface area (Å²) in [7, 11) is 0. The van der Waals surface area contributed by atoms with Gasteiger partial charge < -0.3 is 83.6 Å². The number of hydrogen-bond donors (Lipinski definition) is 12. The molecular formula is C22H44N6O11. The van der Waals surface area contributed by atoms with E-state index in [2.05, 4.69) is 5.32 Å². The number of nitrogens with two attached hydrogens (primary N) is 5. The van der Waals surface area contributed by atoms with Gasteiger partial charge in [-0.1, -0.05) is 0 Å². The van der Waals surface area contributed by atoms with Gasteiger partial charge in [0.25, 0.3) is 0 Å². The van der Waals surface area contributed by atoms with Gasteiger partial charge in [-0.3, -0.25) is 4.79 Å². The maximum atomic E-state index is 12.4. The van der Waals surface area contributed by atoms with Crippen LogP contribution in [0.25, 0.3) is 0 Å². The Morgan fingerprint density at radius 1 is 0.897 bits per heavy atom. The van der Waals surface area contributed by atoms with E-state index in [1.54, 1.807) is 6.92 Å². The molecule has 17 heteroatoms. The Hall–Kier alpha value is -1.13. The minimum absolute atomic E-state index is 0.0160. The van der Waals surface area contributed by atoms with Crippen LogP contribution in [0.4, 0.5) is 0 Å². The van der Waals surface area contributed by atoms with E-state index in [0.717, 1.165) is 0 Å². The fraction of sp³-hybridized carbons (Fsp3) is 0.955. The minimum atomic E-state index is -1.62. The lowest BCUT2D eigenvalue weighted by molar-refractivity contribution is -0.329. The zero-order valence-electron chi connectivity index (χ0n) is 21.7. The molecule has 0 radical (unpaired) electrons. The van der Waals surface area contributed by atoms with Crippen molar-refractivity contribution in [3.63, 3.8) is 0 Å². The van der Waals surface area contributed by atoms with Gasteiger partial charge in [-0.25, -0.2) is 0 Å². The molecule has 1 aliphatic carbocycles. The van der Waals surface area contributed by atoms with Crippen molar-refractivity contribution >= 4 is 5.91 Å².